The number of rotatable bonds is 7. The summed E-state index contributed by atoms with van der Waals surface area (Å²) in [6.45, 7) is 7.62. The lowest BCUT2D eigenvalue weighted by atomic mass is 10.1. The molecular weight excluding hydrogens is 437 g/mol. The molecule has 1 heterocycles. The van der Waals surface area contributed by atoms with Gasteiger partial charge in [0.05, 0.1) is 18.5 Å². The fraction of sp³-hybridized carbons (Fsp3) is 0.346. The summed E-state index contributed by atoms with van der Waals surface area (Å²) < 4.78 is 24.6. The maximum Gasteiger partial charge on any atom is 0.254 e. The smallest absolute Gasteiger partial charge is 0.254 e. The number of hydrogen-bond acceptors (Lipinski definition) is 5. The van der Waals surface area contributed by atoms with E-state index in [9.17, 15) is 9.18 Å². The first-order valence-electron chi connectivity index (χ1n) is 11.2. The van der Waals surface area contributed by atoms with Crippen molar-refractivity contribution < 1.29 is 9.13 Å². The van der Waals surface area contributed by atoms with Gasteiger partial charge in [-0.25, -0.2) is 4.39 Å². The zero-order valence-electron chi connectivity index (χ0n) is 20.0. The van der Waals surface area contributed by atoms with E-state index in [0.29, 0.717) is 28.2 Å². The summed E-state index contributed by atoms with van der Waals surface area (Å²) in [7, 11) is 3.36. The summed E-state index contributed by atoms with van der Waals surface area (Å²) in [5, 5.41) is 3.53. The van der Waals surface area contributed by atoms with Crippen LogP contribution in [0.3, 0.4) is 0 Å². The predicted molar refractivity (Wildman–Crippen MR) is 138 cm³/mol. The van der Waals surface area contributed by atoms with Crippen LogP contribution in [-0.4, -0.2) is 16.9 Å². The summed E-state index contributed by atoms with van der Waals surface area (Å²) in [5.74, 6) is 1.51. The van der Waals surface area contributed by atoms with Crippen LogP contribution in [0.4, 0.5) is 21.6 Å². The Balaban J connectivity index is 0.00000149. The van der Waals surface area contributed by atoms with Crippen LogP contribution in [0.15, 0.2) is 53.3 Å². The van der Waals surface area contributed by atoms with Crippen molar-refractivity contribution in [2.24, 2.45) is 7.05 Å². The molecule has 0 saturated heterocycles. The highest BCUT2D eigenvalue weighted by molar-refractivity contribution is 8.01. The van der Waals surface area contributed by atoms with Crippen LogP contribution in [0.5, 0.6) is 5.75 Å². The maximum atomic E-state index is 14.4. The van der Waals surface area contributed by atoms with Gasteiger partial charge in [-0.15, -0.1) is 0 Å². The third kappa shape index (κ3) is 5.71. The molecule has 0 radical (unpaired) electrons. The van der Waals surface area contributed by atoms with Gasteiger partial charge in [0.1, 0.15) is 17.4 Å². The highest BCUT2D eigenvalue weighted by Gasteiger charge is 2.39. The van der Waals surface area contributed by atoms with Crippen molar-refractivity contribution in [3.8, 4) is 5.75 Å². The summed E-state index contributed by atoms with van der Waals surface area (Å²) in [4.78, 5) is 12.5. The maximum absolute atomic E-state index is 14.4. The SMILES string of the molecule is CC.COc1ccc(C2CC2SNc2cc(C)c(=O)n(C)c2Nc2ccc(C)cc2F)cc1. The first-order valence-corrected chi connectivity index (χ1v) is 12.0. The Bertz CT molecular complexity index is 1160. The molecular formula is C26H32FN3O2S. The number of aryl methyl sites for hydroxylation is 2. The van der Waals surface area contributed by atoms with E-state index in [-0.39, 0.29) is 11.4 Å². The molecule has 2 aromatic carbocycles. The number of methoxy groups -OCH3 is 1. The quantitative estimate of drug-likeness (QED) is 0.385. The second kappa shape index (κ2) is 10.8. The summed E-state index contributed by atoms with van der Waals surface area (Å²) >= 11 is 1.63. The lowest BCUT2D eigenvalue weighted by Gasteiger charge is -2.18. The fourth-order valence-corrected chi connectivity index (χ4v) is 4.67. The number of hydrogen-bond donors (Lipinski definition) is 2. The molecule has 176 valence electrons. The van der Waals surface area contributed by atoms with Gasteiger partial charge in [-0.2, -0.15) is 0 Å². The number of anilines is 3. The van der Waals surface area contributed by atoms with Gasteiger partial charge < -0.3 is 14.8 Å². The number of benzene rings is 2. The zero-order chi connectivity index (χ0) is 24.1. The topological polar surface area (TPSA) is 55.3 Å². The Labute approximate surface area is 199 Å². The number of halogens is 1. The van der Waals surface area contributed by atoms with Gasteiger partial charge in [0, 0.05) is 17.9 Å². The Morgan fingerprint density at radius 2 is 1.76 bits per heavy atom. The number of nitrogens with one attached hydrogen (secondary N) is 2. The average molecular weight is 470 g/mol. The lowest BCUT2D eigenvalue weighted by Crippen LogP contribution is -2.22. The molecule has 2 unspecified atom stereocenters. The molecule has 7 heteroatoms. The number of aromatic nitrogens is 1. The predicted octanol–water partition coefficient (Wildman–Crippen LogP) is 6.54. The van der Waals surface area contributed by atoms with Gasteiger partial charge in [-0.3, -0.25) is 9.36 Å². The van der Waals surface area contributed by atoms with Crippen molar-refractivity contribution in [2.45, 2.75) is 45.3 Å². The van der Waals surface area contributed by atoms with Crippen molar-refractivity contribution in [1.29, 1.82) is 0 Å². The number of nitrogens with zero attached hydrogens (tertiary/aromatic N) is 1. The first-order chi connectivity index (χ1) is 15.9. The number of pyridine rings is 1. The molecule has 1 saturated carbocycles. The molecule has 5 nitrogen and oxygen atoms in total. The average Bonchev–Trinajstić information content (AvgIpc) is 3.61. The van der Waals surface area contributed by atoms with Crippen LogP contribution in [0.25, 0.3) is 0 Å². The molecule has 2 N–H and O–H groups in total. The lowest BCUT2D eigenvalue weighted by molar-refractivity contribution is 0.414. The molecule has 33 heavy (non-hydrogen) atoms. The van der Waals surface area contributed by atoms with Gasteiger partial charge >= 0.3 is 0 Å². The summed E-state index contributed by atoms with van der Waals surface area (Å²) in [6, 6.07) is 15.0. The van der Waals surface area contributed by atoms with E-state index in [2.05, 4.69) is 22.2 Å². The van der Waals surface area contributed by atoms with Gasteiger partial charge in [-0.05, 0) is 79.6 Å². The van der Waals surface area contributed by atoms with Gasteiger partial charge in [0.25, 0.3) is 5.56 Å². The highest BCUT2D eigenvalue weighted by atomic mass is 32.2. The van der Waals surface area contributed by atoms with Crippen LogP contribution in [-0.2, 0) is 7.05 Å². The molecule has 1 aliphatic carbocycles. The van der Waals surface area contributed by atoms with Crippen LogP contribution in [0.2, 0.25) is 0 Å². The van der Waals surface area contributed by atoms with E-state index in [1.807, 2.05) is 45.0 Å². The van der Waals surface area contributed by atoms with Crippen LogP contribution in [0.1, 0.15) is 42.9 Å². The molecule has 0 amide bonds. The van der Waals surface area contributed by atoms with Gasteiger partial charge in [-0.1, -0.05) is 32.0 Å². The minimum atomic E-state index is -0.353. The van der Waals surface area contributed by atoms with E-state index in [0.717, 1.165) is 23.4 Å². The zero-order valence-corrected chi connectivity index (χ0v) is 20.8. The third-order valence-electron chi connectivity index (χ3n) is 5.57. The number of ether oxygens (including phenoxy) is 1. The first kappa shape index (κ1) is 24.7. The standard InChI is InChI=1S/C24H26FN3O2S.C2H6/c1-14-5-10-20(19(25)11-14)26-23-21(12-15(2)24(29)28(23)3)27-31-22-13-18(22)16-6-8-17(30-4)9-7-16;1-2/h5-12,18,22,26-27H,13H2,1-4H3;1-2H3. The van der Waals surface area contributed by atoms with Crippen molar-refractivity contribution in [3.63, 3.8) is 0 Å². The summed E-state index contributed by atoms with van der Waals surface area (Å²) in [6.07, 6.45) is 1.07. The van der Waals surface area contributed by atoms with Gasteiger partial charge in [0.15, 0.2) is 0 Å². The molecule has 3 aromatic rings. The third-order valence-corrected chi connectivity index (χ3v) is 6.73. The molecule has 1 fully saturated rings. The van der Waals surface area contributed by atoms with Crippen LogP contribution < -0.4 is 20.3 Å². The Kier molecular flexibility index (Phi) is 8.08. The van der Waals surface area contributed by atoms with E-state index >= 15 is 0 Å². The van der Waals surface area contributed by atoms with E-state index < -0.39 is 0 Å². The minimum Gasteiger partial charge on any atom is -0.497 e. The van der Waals surface area contributed by atoms with Crippen LogP contribution in [0, 0.1) is 19.7 Å². The van der Waals surface area contributed by atoms with E-state index in [4.69, 9.17) is 4.74 Å². The summed E-state index contributed by atoms with van der Waals surface area (Å²) in [5.41, 5.74) is 3.73. The second-order valence-electron chi connectivity index (χ2n) is 7.94. The minimum absolute atomic E-state index is 0.117. The van der Waals surface area contributed by atoms with E-state index in [1.165, 1.54) is 16.2 Å². The molecule has 1 aliphatic rings. The van der Waals surface area contributed by atoms with Gasteiger partial charge in [0.2, 0.25) is 0 Å². The highest BCUT2D eigenvalue weighted by Crippen LogP contribution is 2.49. The second-order valence-corrected chi connectivity index (χ2v) is 8.98. The van der Waals surface area contributed by atoms with Crippen LogP contribution >= 0.6 is 11.9 Å². The largest absolute Gasteiger partial charge is 0.497 e. The monoisotopic (exact) mass is 469 g/mol. The normalized spacial score (nSPS) is 16.5. The van der Waals surface area contributed by atoms with Crippen molar-refractivity contribution in [1.82, 2.24) is 4.57 Å². The Hall–Kier alpha value is -2.93. The molecule has 0 aliphatic heterocycles. The fourth-order valence-electron chi connectivity index (χ4n) is 3.61. The molecule has 1 aromatic heterocycles. The van der Waals surface area contributed by atoms with Crippen molar-refractivity contribution in [2.75, 3.05) is 17.1 Å². The molecule has 0 spiro atoms. The Morgan fingerprint density at radius 3 is 2.39 bits per heavy atom. The Morgan fingerprint density at radius 1 is 1.06 bits per heavy atom. The molecule has 4 rings (SSSR count). The van der Waals surface area contributed by atoms with Crippen molar-refractivity contribution in [3.05, 3.63) is 81.4 Å². The van der Waals surface area contributed by atoms with Crippen molar-refractivity contribution >= 4 is 29.1 Å². The molecule has 0 bridgehead atoms. The van der Waals surface area contributed by atoms with E-state index in [1.54, 1.807) is 39.1 Å². The molecule has 2 atom stereocenters.